The molecule has 0 amide bonds. The lowest BCUT2D eigenvalue weighted by molar-refractivity contribution is 0.0980. The molecule has 0 saturated carbocycles. The number of thiophene rings is 1. The minimum Gasteiger partial charge on any atom is -0.292 e. The second-order valence-corrected chi connectivity index (χ2v) is 4.43. The van der Waals surface area contributed by atoms with E-state index in [9.17, 15) is 9.18 Å². The van der Waals surface area contributed by atoms with Gasteiger partial charge in [-0.1, -0.05) is 6.07 Å². The summed E-state index contributed by atoms with van der Waals surface area (Å²) in [5, 5.41) is 10.9. The third kappa shape index (κ3) is 2.40. The number of rotatable bonds is 3. The molecule has 4 heteroatoms. The van der Waals surface area contributed by atoms with E-state index < -0.39 is 11.7 Å². The van der Waals surface area contributed by atoms with Gasteiger partial charge < -0.3 is 0 Å². The molecule has 0 aliphatic heterocycles. The standard InChI is InChI=1S/C13H8FNOS/c14-10-5-3-9(4-6-10)13(16)11(8-15)12-2-1-7-17-12/h1-7,11H. The molecular weight excluding hydrogens is 237 g/mol. The highest BCUT2D eigenvalue weighted by atomic mass is 32.1. The second kappa shape index (κ2) is 4.89. The Balaban J connectivity index is 2.31. The van der Waals surface area contributed by atoms with Crippen molar-refractivity contribution >= 4 is 17.1 Å². The third-order valence-electron chi connectivity index (χ3n) is 2.35. The second-order valence-electron chi connectivity index (χ2n) is 3.45. The largest absolute Gasteiger partial charge is 0.292 e. The smallest absolute Gasteiger partial charge is 0.185 e. The van der Waals surface area contributed by atoms with Crippen molar-refractivity contribution in [1.29, 1.82) is 5.26 Å². The quantitative estimate of drug-likeness (QED) is 0.778. The van der Waals surface area contributed by atoms with Gasteiger partial charge in [0.1, 0.15) is 11.7 Å². The summed E-state index contributed by atoms with van der Waals surface area (Å²) in [4.78, 5) is 12.8. The summed E-state index contributed by atoms with van der Waals surface area (Å²) in [7, 11) is 0. The van der Waals surface area contributed by atoms with Crippen molar-refractivity contribution in [3.63, 3.8) is 0 Å². The van der Waals surface area contributed by atoms with E-state index in [0.29, 0.717) is 10.4 Å². The van der Waals surface area contributed by atoms with Crippen LogP contribution in [0.4, 0.5) is 4.39 Å². The van der Waals surface area contributed by atoms with E-state index in [-0.39, 0.29) is 5.78 Å². The van der Waals surface area contributed by atoms with Crippen LogP contribution in [0.3, 0.4) is 0 Å². The molecule has 0 N–H and O–H groups in total. The Hall–Kier alpha value is -1.99. The Bertz CT molecular complexity index is 554. The van der Waals surface area contributed by atoms with Crippen LogP contribution in [0.2, 0.25) is 0 Å². The van der Waals surface area contributed by atoms with Crippen LogP contribution in [0.5, 0.6) is 0 Å². The molecule has 2 rings (SSSR count). The lowest BCUT2D eigenvalue weighted by Crippen LogP contribution is -2.09. The molecule has 17 heavy (non-hydrogen) atoms. The van der Waals surface area contributed by atoms with Crippen molar-refractivity contribution in [2.75, 3.05) is 0 Å². The lowest BCUT2D eigenvalue weighted by Gasteiger charge is -2.05. The topological polar surface area (TPSA) is 40.9 Å². The number of nitrogens with zero attached hydrogens (tertiary/aromatic N) is 1. The Morgan fingerprint density at radius 1 is 1.29 bits per heavy atom. The number of halogens is 1. The van der Waals surface area contributed by atoms with Gasteiger partial charge in [-0.05, 0) is 35.7 Å². The first kappa shape index (κ1) is 11.5. The van der Waals surface area contributed by atoms with Crippen LogP contribution in [0.1, 0.15) is 21.2 Å². The number of carbonyl (C=O) groups excluding carboxylic acids is 1. The third-order valence-corrected chi connectivity index (χ3v) is 3.28. The van der Waals surface area contributed by atoms with E-state index in [1.54, 1.807) is 12.1 Å². The van der Waals surface area contributed by atoms with Crippen LogP contribution in [-0.4, -0.2) is 5.78 Å². The average Bonchev–Trinajstić information content (AvgIpc) is 2.84. The van der Waals surface area contributed by atoms with Gasteiger partial charge in [0, 0.05) is 10.4 Å². The Kier molecular flexibility index (Phi) is 3.31. The van der Waals surface area contributed by atoms with Crippen LogP contribution in [-0.2, 0) is 0 Å². The highest BCUT2D eigenvalue weighted by molar-refractivity contribution is 7.10. The Morgan fingerprint density at radius 3 is 2.53 bits per heavy atom. The normalized spacial score (nSPS) is 11.8. The van der Waals surface area contributed by atoms with Gasteiger partial charge in [-0.2, -0.15) is 5.26 Å². The van der Waals surface area contributed by atoms with Crippen LogP contribution < -0.4 is 0 Å². The van der Waals surface area contributed by atoms with Gasteiger partial charge in [0.15, 0.2) is 5.78 Å². The maximum atomic E-state index is 12.7. The minimum atomic E-state index is -0.805. The van der Waals surface area contributed by atoms with Crippen LogP contribution >= 0.6 is 11.3 Å². The van der Waals surface area contributed by atoms with Gasteiger partial charge in [-0.3, -0.25) is 4.79 Å². The fourth-order valence-corrected chi connectivity index (χ4v) is 2.26. The monoisotopic (exact) mass is 245 g/mol. The molecular formula is C13H8FNOS. The minimum absolute atomic E-state index is 0.296. The zero-order valence-corrected chi connectivity index (χ0v) is 9.58. The summed E-state index contributed by atoms with van der Waals surface area (Å²) in [6, 6.07) is 10.8. The van der Waals surface area contributed by atoms with E-state index in [0.717, 1.165) is 0 Å². The van der Waals surface area contributed by atoms with Gasteiger partial charge in [-0.15, -0.1) is 11.3 Å². The van der Waals surface area contributed by atoms with Gasteiger partial charge in [0.2, 0.25) is 0 Å². The summed E-state index contributed by atoms with van der Waals surface area (Å²) in [5.74, 6) is -1.50. The van der Waals surface area contributed by atoms with Crippen LogP contribution in [0.15, 0.2) is 41.8 Å². The first-order chi connectivity index (χ1) is 8.22. The summed E-state index contributed by atoms with van der Waals surface area (Å²) in [6.07, 6.45) is 0. The van der Waals surface area contributed by atoms with Crippen molar-refractivity contribution in [3.8, 4) is 6.07 Å². The summed E-state index contributed by atoms with van der Waals surface area (Å²) in [5.41, 5.74) is 0.353. The molecule has 1 atom stereocenters. The molecule has 0 fully saturated rings. The molecule has 0 saturated heterocycles. The highest BCUT2D eigenvalue weighted by Gasteiger charge is 2.22. The maximum absolute atomic E-state index is 12.7. The van der Waals surface area contributed by atoms with Gasteiger partial charge in [-0.25, -0.2) is 4.39 Å². The van der Waals surface area contributed by atoms with Gasteiger partial charge in [0.05, 0.1) is 6.07 Å². The summed E-state index contributed by atoms with van der Waals surface area (Å²) < 4.78 is 12.7. The number of carbonyl (C=O) groups is 1. The maximum Gasteiger partial charge on any atom is 0.185 e. The molecule has 1 aromatic carbocycles. The van der Waals surface area contributed by atoms with Crippen molar-refractivity contribution in [2.24, 2.45) is 0 Å². The Labute approximate surface area is 102 Å². The van der Waals surface area contributed by atoms with Crippen molar-refractivity contribution in [1.82, 2.24) is 0 Å². The number of nitriles is 1. The predicted molar refractivity (Wildman–Crippen MR) is 63.4 cm³/mol. The van der Waals surface area contributed by atoms with E-state index in [1.807, 2.05) is 11.4 Å². The molecule has 0 spiro atoms. The molecule has 1 heterocycles. The van der Waals surface area contributed by atoms with E-state index >= 15 is 0 Å². The number of benzene rings is 1. The fourth-order valence-electron chi connectivity index (χ4n) is 1.49. The predicted octanol–water partition coefficient (Wildman–Crippen LogP) is 3.38. The van der Waals surface area contributed by atoms with Crippen LogP contribution in [0, 0.1) is 17.1 Å². The van der Waals surface area contributed by atoms with Crippen molar-refractivity contribution in [2.45, 2.75) is 5.92 Å². The van der Waals surface area contributed by atoms with Crippen molar-refractivity contribution < 1.29 is 9.18 Å². The molecule has 2 aromatic rings. The van der Waals surface area contributed by atoms with Gasteiger partial charge >= 0.3 is 0 Å². The number of hydrogen-bond acceptors (Lipinski definition) is 3. The van der Waals surface area contributed by atoms with Gasteiger partial charge in [0.25, 0.3) is 0 Å². The molecule has 1 unspecified atom stereocenters. The first-order valence-electron chi connectivity index (χ1n) is 4.95. The average molecular weight is 245 g/mol. The molecule has 0 radical (unpaired) electrons. The Morgan fingerprint density at radius 2 is 2.00 bits per heavy atom. The summed E-state index contributed by atoms with van der Waals surface area (Å²) >= 11 is 1.36. The highest BCUT2D eigenvalue weighted by Crippen LogP contribution is 2.24. The molecule has 84 valence electrons. The molecule has 0 bridgehead atoms. The lowest BCUT2D eigenvalue weighted by atomic mass is 9.97. The molecule has 2 nitrogen and oxygen atoms in total. The zero-order chi connectivity index (χ0) is 12.3. The number of ketones is 1. The fraction of sp³-hybridized carbons (Fsp3) is 0.0769. The van der Waals surface area contributed by atoms with E-state index in [1.165, 1.54) is 35.6 Å². The first-order valence-corrected chi connectivity index (χ1v) is 5.83. The van der Waals surface area contributed by atoms with Crippen LogP contribution in [0.25, 0.3) is 0 Å². The molecule has 1 aromatic heterocycles. The number of Topliss-reactive ketones (excluding diaryl/α,β-unsaturated/α-hetero) is 1. The number of hydrogen-bond donors (Lipinski definition) is 0. The SMILES string of the molecule is N#CC(C(=O)c1ccc(F)cc1)c1cccs1. The van der Waals surface area contributed by atoms with E-state index in [2.05, 4.69) is 0 Å². The summed E-state index contributed by atoms with van der Waals surface area (Å²) in [6.45, 7) is 0. The van der Waals surface area contributed by atoms with E-state index in [4.69, 9.17) is 5.26 Å². The van der Waals surface area contributed by atoms with Crippen molar-refractivity contribution in [3.05, 3.63) is 58.0 Å². The molecule has 0 aliphatic rings. The zero-order valence-electron chi connectivity index (χ0n) is 8.76. The molecule has 0 aliphatic carbocycles.